The number of benzene rings is 1. The van der Waals surface area contributed by atoms with Crippen LogP contribution in [0, 0.1) is 5.82 Å². The predicted octanol–water partition coefficient (Wildman–Crippen LogP) is 2.90. The second kappa shape index (κ2) is 11.1. The second-order valence-electron chi connectivity index (χ2n) is 6.69. The molecule has 1 heterocycles. The van der Waals surface area contributed by atoms with Crippen molar-refractivity contribution in [3.8, 4) is 0 Å². The number of halogens is 1. The van der Waals surface area contributed by atoms with Crippen molar-refractivity contribution in [1.82, 2.24) is 15.1 Å². The lowest BCUT2D eigenvalue weighted by Gasteiger charge is -2.34. The molecule has 0 radical (unpaired) electrons. The Kier molecular flexibility index (Phi) is 8.85. The molecule has 0 amide bonds. The zero-order valence-electron chi connectivity index (χ0n) is 16.4. The minimum absolute atomic E-state index is 0.0582. The summed E-state index contributed by atoms with van der Waals surface area (Å²) in [4.78, 5) is 9.39. The molecule has 1 aromatic carbocycles. The number of guanidine groups is 1. The van der Waals surface area contributed by atoms with Gasteiger partial charge in [-0.3, -0.25) is 9.89 Å². The van der Waals surface area contributed by atoms with Gasteiger partial charge < -0.3 is 15.0 Å². The van der Waals surface area contributed by atoms with Crippen LogP contribution < -0.4 is 5.32 Å². The van der Waals surface area contributed by atoms with Crippen molar-refractivity contribution in [2.45, 2.75) is 32.7 Å². The molecule has 0 aromatic heterocycles. The Bertz CT molecular complexity index is 560. The summed E-state index contributed by atoms with van der Waals surface area (Å²) in [5.74, 6) is 0.715. The molecule has 0 saturated carbocycles. The van der Waals surface area contributed by atoms with Crippen LogP contribution in [0.2, 0.25) is 0 Å². The molecule has 1 aliphatic heterocycles. The standard InChI is InChI=1S/C20H33FN4O/c1-4-6-10-24(3)20(22-5-2)23-16-19(25-11-13-26-14-12-25)17-8-7-9-18(21)15-17/h7-9,15,19H,4-6,10-14,16H2,1-3H3,(H,22,23). The molecule has 146 valence electrons. The number of hydrogen-bond donors (Lipinski definition) is 1. The zero-order valence-corrected chi connectivity index (χ0v) is 16.4. The third-order valence-corrected chi connectivity index (χ3v) is 4.68. The van der Waals surface area contributed by atoms with Crippen molar-refractivity contribution >= 4 is 5.96 Å². The van der Waals surface area contributed by atoms with E-state index in [9.17, 15) is 4.39 Å². The molecule has 6 heteroatoms. The second-order valence-corrected chi connectivity index (χ2v) is 6.69. The van der Waals surface area contributed by atoms with E-state index in [0.29, 0.717) is 19.8 Å². The monoisotopic (exact) mass is 364 g/mol. The maximum atomic E-state index is 13.8. The number of unbranched alkanes of at least 4 members (excludes halogenated alkanes) is 1. The van der Waals surface area contributed by atoms with E-state index in [-0.39, 0.29) is 11.9 Å². The Hall–Kier alpha value is -1.66. The van der Waals surface area contributed by atoms with Gasteiger partial charge >= 0.3 is 0 Å². The summed E-state index contributed by atoms with van der Waals surface area (Å²) < 4.78 is 19.3. The van der Waals surface area contributed by atoms with Crippen molar-refractivity contribution in [1.29, 1.82) is 0 Å². The Balaban J connectivity index is 2.17. The van der Waals surface area contributed by atoms with Crippen molar-refractivity contribution < 1.29 is 9.13 Å². The zero-order chi connectivity index (χ0) is 18.8. The molecule has 0 spiro atoms. The third kappa shape index (κ3) is 6.25. The summed E-state index contributed by atoms with van der Waals surface area (Å²) in [6.07, 6.45) is 2.29. The largest absolute Gasteiger partial charge is 0.379 e. The highest BCUT2D eigenvalue weighted by Crippen LogP contribution is 2.23. The minimum Gasteiger partial charge on any atom is -0.379 e. The molecule has 1 fully saturated rings. The van der Waals surface area contributed by atoms with Crippen molar-refractivity contribution in [2.75, 3.05) is 53.0 Å². The van der Waals surface area contributed by atoms with Gasteiger partial charge in [-0.1, -0.05) is 25.5 Å². The van der Waals surface area contributed by atoms with Gasteiger partial charge in [-0.15, -0.1) is 0 Å². The topological polar surface area (TPSA) is 40.1 Å². The summed E-state index contributed by atoms with van der Waals surface area (Å²) in [6, 6.07) is 6.95. The normalized spacial score (nSPS) is 17.2. The summed E-state index contributed by atoms with van der Waals surface area (Å²) in [7, 11) is 2.07. The number of aliphatic imine (C=N–C) groups is 1. The molecule has 1 unspecified atom stereocenters. The summed E-state index contributed by atoms with van der Waals surface area (Å²) in [6.45, 7) is 9.80. The Morgan fingerprint density at radius 1 is 1.35 bits per heavy atom. The first-order valence-electron chi connectivity index (χ1n) is 9.72. The maximum Gasteiger partial charge on any atom is 0.193 e. The summed E-state index contributed by atoms with van der Waals surface area (Å²) >= 11 is 0. The van der Waals surface area contributed by atoms with Gasteiger partial charge in [0.1, 0.15) is 5.82 Å². The van der Waals surface area contributed by atoms with Crippen LogP contribution in [0.25, 0.3) is 0 Å². The Morgan fingerprint density at radius 2 is 2.12 bits per heavy atom. The van der Waals surface area contributed by atoms with Crippen molar-refractivity contribution in [2.24, 2.45) is 4.99 Å². The molecule has 1 aromatic rings. The maximum absolute atomic E-state index is 13.8. The number of nitrogens with zero attached hydrogens (tertiary/aromatic N) is 3. The average Bonchev–Trinajstić information content (AvgIpc) is 2.66. The highest BCUT2D eigenvalue weighted by atomic mass is 19.1. The van der Waals surface area contributed by atoms with Gasteiger partial charge in [0, 0.05) is 33.2 Å². The highest BCUT2D eigenvalue weighted by molar-refractivity contribution is 5.79. The van der Waals surface area contributed by atoms with Gasteiger partial charge in [-0.2, -0.15) is 0 Å². The van der Waals surface area contributed by atoms with Gasteiger partial charge in [0.25, 0.3) is 0 Å². The van der Waals surface area contributed by atoms with Crippen LogP contribution in [0.3, 0.4) is 0 Å². The van der Waals surface area contributed by atoms with Crippen molar-refractivity contribution in [3.63, 3.8) is 0 Å². The Labute approximate surface area is 157 Å². The van der Waals surface area contributed by atoms with Crippen LogP contribution >= 0.6 is 0 Å². The van der Waals surface area contributed by atoms with E-state index in [4.69, 9.17) is 9.73 Å². The van der Waals surface area contributed by atoms with Crippen LogP contribution in [-0.4, -0.2) is 68.7 Å². The lowest BCUT2D eigenvalue weighted by Crippen LogP contribution is -2.42. The van der Waals surface area contributed by atoms with Crippen LogP contribution in [0.1, 0.15) is 38.3 Å². The van der Waals surface area contributed by atoms with E-state index in [1.54, 1.807) is 12.1 Å². The van der Waals surface area contributed by atoms with Crippen LogP contribution in [0.5, 0.6) is 0 Å². The van der Waals surface area contributed by atoms with Gasteiger partial charge in [0.15, 0.2) is 5.96 Å². The molecule has 26 heavy (non-hydrogen) atoms. The molecular formula is C20H33FN4O. The first-order chi connectivity index (χ1) is 12.7. The van der Waals surface area contributed by atoms with Crippen LogP contribution in [-0.2, 0) is 4.74 Å². The predicted molar refractivity (Wildman–Crippen MR) is 105 cm³/mol. The van der Waals surface area contributed by atoms with Gasteiger partial charge in [-0.25, -0.2) is 4.39 Å². The van der Waals surface area contributed by atoms with Crippen LogP contribution in [0.4, 0.5) is 4.39 Å². The average molecular weight is 365 g/mol. The van der Waals surface area contributed by atoms with E-state index in [1.807, 2.05) is 6.07 Å². The number of ether oxygens (including phenoxy) is 1. The fraction of sp³-hybridized carbons (Fsp3) is 0.650. The summed E-state index contributed by atoms with van der Waals surface area (Å²) in [5, 5.41) is 3.37. The van der Waals surface area contributed by atoms with Crippen LogP contribution in [0.15, 0.2) is 29.3 Å². The molecule has 0 bridgehead atoms. The number of rotatable bonds is 8. The fourth-order valence-corrected chi connectivity index (χ4v) is 3.18. The molecule has 0 aliphatic carbocycles. The number of morpholine rings is 1. The number of nitrogens with one attached hydrogen (secondary N) is 1. The van der Waals surface area contributed by atoms with E-state index in [1.165, 1.54) is 6.07 Å². The molecule has 1 aliphatic rings. The third-order valence-electron chi connectivity index (χ3n) is 4.68. The fourth-order valence-electron chi connectivity index (χ4n) is 3.18. The quantitative estimate of drug-likeness (QED) is 0.569. The lowest BCUT2D eigenvalue weighted by molar-refractivity contribution is 0.0179. The molecule has 5 nitrogen and oxygen atoms in total. The van der Waals surface area contributed by atoms with Gasteiger partial charge in [-0.05, 0) is 31.0 Å². The van der Waals surface area contributed by atoms with E-state index in [2.05, 4.69) is 36.0 Å². The van der Waals surface area contributed by atoms with E-state index in [0.717, 1.165) is 50.5 Å². The highest BCUT2D eigenvalue weighted by Gasteiger charge is 2.23. The lowest BCUT2D eigenvalue weighted by atomic mass is 10.0. The smallest absolute Gasteiger partial charge is 0.193 e. The first kappa shape index (κ1) is 20.6. The Morgan fingerprint density at radius 3 is 2.77 bits per heavy atom. The molecule has 2 rings (SSSR count). The molecule has 1 saturated heterocycles. The molecular weight excluding hydrogens is 331 g/mol. The molecule has 1 N–H and O–H groups in total. The SMILES string of the molecule is CCCCN(C)C(=NCC(c1cccc(F)c1)N1CCOCC1)NCC. The van der Waals surface area contributed by atoms with Crippen molar-refractivity contribution in [3.05, 3.63) is 35.6 Å². The van der Waals surface area contributed by atoms with E-state index < -0.39 is 0 Å². The first-order valence-corrected chi connectivity index (χ1v) is 9.72. The number of hydrogen-bond acceptors (Lipinski definition) is 3. The molecule has 1 atom stereocenters. The van der Waals surface area contributed by atoms with Gasteiger partial charge in [0.05, 0.1) is 25.8 Å². The summed E-state index contributed by atoms with van der Waals surface area (Å²) in [5.41, 5.74) is 0.975. The minimum atomic E-state index is -0.197. The van der Waals surface area contributed by atoms with Gasteiger partial charge in [0.2, 0.25) is 0 Å². The van der Waals surface area contributed by atoms with E-state index >= 15 is 0 Å².